The first-order valence-corrected chi connectivity index (χ1v) is 6.96. The van der Waals surface area contributed by atoms with Crippen LogP contribution in [0, 0.1) is 3.57 Å². The first-order chi connectivity index (χ1) is 6.95. The van der Waals surface area contributed by atoms with Crippen LogP contribution < -0.4 is 4.72 Å². The number of hydrogen-bond acceptors (Lipinski definition) is 3. The number of aliphatic hydroxyl groups is 1. The van der Waals surface area contributed by atoms with Gasteiger partial charge < -0.3 is 5.11 Å². The molecule has 84 valence electrons. The highest BCUT2D eigenvalue weighted by molar-refractivity contribution is 14.1. The van der Waals surface area contributed by atoms with Gasteiger partial charge in [0.25, 0.3) is 0 Å². The van der Waals surface area contributed by atoms with Gasteiger partial charge in [0.15, 0.2) is 0 Å². The molecule has 2 N–H and O–H groups in total. The summed E-state index contributed by atoms with van der Waals surface area (Å²) in [6.07, 6.45) is 0. The van der Waals surface area contributed by atoms with Gasteiger partial charge in [0.05, 0.1) is 6.61 Å². The van der Waals surface area contributed by atoms with E-state index in [0.717, 1.165) is 3.57 Å². The fourth-order valence-corrected chi connectivity index (χ4v) is 2.10. The van der Waals surface area contributed by atoms with Crippen molar-refractivity contribution < 1.29 is 13.5 Å². The van der Waals surface area contributed by atoms with E-state index in [1.165, 1.54) is 6.92 Å². The van der Waals surface area contributed by atoms with Crippen LogP contribution in [0.15, 0.2) is 24.3 Å². The summed E-state index contributed by atoms with van der Waals surface area (Å²) in [5.74, 6) is 0. The largest absolute Gasteiger partial charge is 0.395 e. The molecule has 4 nitrogen and oxygen atoms in total. The second-order valence-corrected chi connectivity index (χ2v) is 6.49. The molecule has 0 radical (unpaired) electrons. The highest BCUT2D eigenvalue weighted by atomic mass is 127. The van der Waals surface area contributed by atoms with Gasteiger partial charge in [0.2, 0.25) is 10.0 Å². The second-order valence-electron chi connectivity index (χ2n) is 3.15. The van der Waals surface area contributed by atoms with Crippen molar-refractivity contribution in [3.05, 3.63) is 27.8 Å². The van der Waals surface area contributed by atoms with E-state index in [9.17, 15) is 8.42 Å². The molecule has 0 spiro atoms. The summed E-state index contributed by atoms with van der Waals surface area (Å²) >= 11 is 2.14. The van der Waals surface area contributed by atoms with E-state index in [0.29, 0.717) is 5.69 Å². The van der Waals surface area contributed by atoms with Gasteiger partial charge in [0.1, 0.15) is 5.25 Å². The van der Waals surface area contributed by atoms with Crippen molar-refractivity contribution in [3.63, 3.8) is 0 Å². The second kappa shape index (κ2) is 5.13. The molecule has 0 amide bonds. The van der Waals surface area contributed by atoms with Crippen molar-refractivity contribution in [3.8, 4) is 0 Å². The molecule has 0 aromatic heterocycles. The molecule has 1 unspecified atom stereocenters. The summed E-state index contributed by atoms with van der Waals surface area (Å²) in [5.41, 5.74) is 0.510. The normalized spacial score (nSPS) is 13.5. The predicted molar refractivity (Wildman–Crippen MR) is 68.2 cm³/mol. The molecule has 0 aliphatic rings. The number of rotatable bonds is 4. The van der Waals surface area contributed by atoms with Crippen LogP contribution in [0.1, 0.15) is 6.92 Å². The summed E-state index contributed by atoms with van der Waals surface area (Å²) in [6, 6.07) is 6.98. The summed E-state index contributed by atoms with van der Waals surface area (Å²) in [7, 11) is -3.48. The lowest BCUT2D eigenvalue weighted by molar-refractivity contribution is 0.296. The Labute approximate surface area is 103 Å². The standard InChI is InChI=1S/C9H12INO3S/c1-7(6-12)15(13,14)11-9-4-2-8(10)3-5-9/h2-5,7,11-12H,6H2,1H3. The van der Waals surface area contributed by atoms with E-state index in [1.807, 2.05) is 12.1 Å². The van der Waals surface area contributed by atoms with E-state index in [-0.39, 0.29) is 6.61 Å². The Bertz CT molecular complexity index is 415. The minimum absolute atomic E-state index is 0.389. The summed E-state index contributed by atoms with van der Waals surface area (Å²) in [6.45, 7) is 1.06. The van der Waals surface area contributed by atoms with Crippen LogP contribution in [-0.2, 0) is 10.0 Å². The molecular weight excluding hydrogens is 329 g/mol. The van der Waals surface area contributed by atoms with Gasteiger partial charge in [-0.05, 0) is 53.8 Å². The monoisotopic (exact) mass is 341 g/mol. The van der Waals surface area contributed by atoms with E-state index in [2.05, 4.69) is 27.3 Å². The number of hydrogen-bond donors (Lipinski definition) is 2. The Kier molecular flexibility index (Phi) is 4.35. The molecule has 0 saturated carbocycles. The Balaban J connectivity index is 2.82. The van der Waals surface area contributed by atoms with Gasteiger partial charge in [-0.2, -0.15) is 0 Å². The molecule has 1 aromatic rings. The zero-order valence-electron chi connectivity index (χ0n) is 8.14. The molecule has 0 bridgehead atoms. The number of aliphatic hydroxyl groups excluding tert-OH is 1. The summed E-state index contributed by atoms with van der Waals surface area (Å²) in [5, 5.41) is 7.96. The van der Waals surface area contributed by atoms with Gasteiger partial charge >= 0.3 is 0 Å². The molecule has 6 heteroatoms. The Morgan fingerprint density at radius 2 is 1.93 bits per heavy atom. The van der Waals surface area contributed by atoms with E-state index < -0.39 is 15.3 Å². The fourth-order valence-electron chi connectivity index (χ4n) is 0.881. The smallest absolute Gasteiger partial charge is 0.237 e. The van der Waals surface area contributed by atoms with Crippen LogP contribution in [0.25, 0.3) is 0 Å². The van der Waals surface area contributed by atoms with Gasteiger partial charge in [-0.25, -0.2) is 8.42 Å². The fraction of sp³-hybridized carbons (Fsp3) is 0.333. The van der Waals surface area contributed by atoms with Crippen molar-refractivity contribution in [2.75, 3.05) is 11.3 Å². The van der Waals surface area contributed by atoms with Crippen molar-refractivity contribution in [1.82, 2.24) is 0 Å². The SMILES string of the molecule is CC(CO)S(=O)(=O)Nc1ccc(I)cc1. The maximum absolute atomic E-state index is 11.5. The van der Waals surface area contributed by atoms with Gasteiger partial charge in [-0.15, -0.1) is 0 Å². The Morgan fingerprint density at radius 1 is 1.40 bits per heavy atom. The van der Waals surface area contributed by atoms with Gasteiger partial charge in [0, 0.05) is 9.26 Å². The molecule has 0 heterocycles. The first kappa shape index (κ1) is 12.7. The third-order valence-corrected chi connectivity index (χ3v) is 4.34. The molecule has 0 fully saturated rings. The lowest BCUT2D eigenvalue weighted by atomic mass is 10.3. The van der Waals surface area contributed by atoms with Crippen molar-refractivity contribution in [1.29, 1.82) is 0 Å². The molecule has 1 rings (SSSR count). The maximum atomic E-state index is 11.5. The van der Waals surface area contributed by atoms with Crippen LogP contribution in [0.5, 0.6) is 0 Å². The lowest BCUT2D eigenvalue weighted by Gasteiger charge is -2.12. The van der Waals surface area contributed by atoms with Gasteiger partial charge in [-0.3, -0.25) is 4.72 Å². The molecule has 0 aliphatic heterocycles. The van der Waals surface area contributed by atoms with Crippen molar-refractivity contribution >= 4 is 38.3 Å². The van der Waals surface area contributed by atoms with Crippen LogP contribution in [0.3, 0.4) is 0 Å². The summed E-state index contributed by atoms with van der Waals surface area (Å²) in [4.78, 5) is 0. The lowest BCUT2D eigenvalue weighted by Crippen LogP contribution is -2.28. The molecule has 0 saturated heterocycles. The van der Waals surface area contributed by atoms with Crippen LogP contribution in [-0.4, -0.2) is 25.4 Å². The van der Waals surface area contributed by atoms with Gasteiger partial charge in [-0.1, -0.05) is 0 Å². The van der Waals surface area contributed by atoms with Crippen molar-refractivity contribution in [2.45, 2.75) is 12.2 Å². The van der Waals surface area contributed by atoms with Crippen LogP contribution in [0.2, 0.25) is 0 Å². The zero-order chi connectivity index (χ0) is 11.5. The molecular formula is C9H12INO3S. The average Bonchev–Trinajstić information content (AvgIpc) is 2.20. The van der Waals surface area contributed by atoms with E-state index in [4.69, 9.17) is 5.11 Å². The number of sulfonamides is 1. The maximum Gasteiger partial charge on any atom is 0.237 e. The Morgan fingerprint density at radius 3 is 2.40 bits per heavy atom. The minimum Gasteiger partial charge on any atom is -0.395 e. The first-order valence-electron chi connectivity index (χ1n) is 4.34. The van der Waals surface area contributed by atoms with Crippen LogP contribution >= 0.6 is 22.6 Å². The minimum atomic E-state index is -3.48. The predicted octanol–water partition coefficient (Wildman–Crippen LogP) is 1.41. The highest BCUT2D eigenvalue weighted by Gasteiger charge is 2.19. The molecule has 1 aromatic carbocycles. The molecule has 15 heavy (non-hydrogen) atoms. The highest BCUT2D eigenvalue weighted by Crippen LogP contribution is 2.14. The van der Waals surface area contributed by atoms with E-state index in [1.54, 1.807) is 12.1 Å². The molecule has 1 atom stereocenters. The third kappa shape index (κ3) is 3.62. The Hall–Kier alpha value is -0.340. The zero-order valence-corrected chi connectivity index (χ0v) is 11.1. The number of anilines is 1. The topological polar surface area (TPSA) is 66.4 Å². The molecule has 0 aliphatic carbocycles. The van der Waals surface area contributed by atoms with Crippen LogP contribution in [0.4, 0.5) is 5.69 Å². The third-order valence-electron chi connectivity index (χ3n) is 1.89. The number of benzene rings is 1. The quantitative estimate of drug-likeness (QED) is 0.814. The van der Waals surface area contributed by atoms with Crippen molar-refractivity contribution in [2.24, 2.45) is 0 Å². The average molecular weight is 341 g/mol. The number of halogens is 1. The summed E-state index contributed by atoms with van der Waals surface area (Å²) < 4.78 is 26.5. The van der Waals surface area contributed by atoms with E-state index >= 15 is 0 Å². The number of nitrogens with one attached hydrogen (secondary N) is 1.